The van der Waals surface area contributed by atoms with Crippen molar-refractivity contribution in [2.24, 2.45) is 0 Å². The Morgan fingerprint density at radius 3 is 2.73 bits per heavy atom. The van der Waals surface area contributed by atoms with Gasteiger partial charge in [-0.05, 0) is 6.07 Å². The number of hydrogen-bond donors (Lipinski definition) is 1. The van der Waals surface area contributed by atoms with Crippen LogP contribution >= 0.6 is 0 Å². The maximum atomic E-state index is 11.7. The standard InChI is InChI=1S/C11H12N6O5/c1-16(2)11-14-7(13-10(12)15-11)5-21-9(18)6-3-4-8(22-6)17(19)20/h3-4H,5H2,1-2H3,(H2,12,13,14,15). The fourth-order valence-electron chi connectivity index (χ4n) is 1.43. The zero-order valence-corrected chi connectivity index (χ0v) is 11.7. The van der Waals surface area contributed by atoms with Gasteiger partial charge < -0.3 is 19.8 Å². The molecule has 0 fully saturated rings. The van der Waals surface area contributed by atoms with Crippen molar-refractivity contribution >= 4 is 23.8 Å². The van der Waals surface area contributed by atoms with E-state index in [1.54, 1.807) is 19.0 Å². The molecule has 11 heteroatoms. The summed E-state index contributed by atoms with van der Waals surface area (Å²) in [5, 5.41) is 10.5. The lowest BCUT2D eigenvalue weighted by Gasteiger charge is -2.11. The van der Waals surface area contributed by atoms with E-state index in [-0.39, 0.29) is 24.1 Å². The molecule has 116 valence electrons. The summed E-state index contributed by atoms with van der Waals surface area (Å²) in [6, 6.07) is 2.20. The van der Waals surface area contributed by atoms with E-state index < -0.39 is 16.8 Å². The molecular weight excluding hydrogens is 296 g/mol. The van der Waals surface area contributed by atoms with Crippen molar-refractivity contribution in [1.29, 1.82) is 0 Å². The summed E-state index contributed by atoms with van der Waals surface area (Å²) in [6.45, 7) is -0.277. The fraction of sp³-hybridized carbons (Fsp3) is 0.273. The number of nitrogens with zero attached hydrogens (tertiary/aromatic N) is 5. The largest absolute Gasteiger partial charge is 0.452 e. The molecule has 0 saturated carbocycles. The molecule has 0 amide bonds. The van der Waals surface area contributed by atoms with Crippen molar-refractivity contribution in [2.45, 2.75) is 6.61 Å². The van der Waals surface area contributed by atoms with E-state index in [2.05, 4.69) is 15.0 Å². The van der Waals surface area contributed by atoms with Gasteiger partial charge in [-0.15, -0.1) is 0 Å². The van der Waals surface area contributed by atoms with Gasteiger partial charge in [0.05, 0.1) is 6.07 Å². The summed E-state index contributed by atoms with van der Waals surface area (Å²) >= 11 is 0. The third-order valence-electron chi connectivity index (χ3n) is 2.39. The molecule has 0 unspecified atom stereocenters. The number of ether oxygens (including phenoxy) is 1. The van der Waals surface area contributed by atoms with Crippen LogP contribution in [-0.4, -0.2) is 39.9 Å². The van der Waals surface area contributed by atoms with Gasteiger partial charge in [0, 0.05) is 14.1 Å². The van der Waals surface area contributed by atoms with Gasteiger partial charge in [0.2, 0.25) is 17.7 Å². The molecule has 0 atom stereocenters. The second-order valence-corrected chi connectivity index (χ2v) is 4.28. The van der Waals surface area contributed by atoms with Crippen LogP contribution in [0.1, 0.15) is 16.4 Å². The highest BCUT2D eigenvalue weighted by Gasteiger charge is 2.19. The van der Waals surface area contributed by atoms with Gasteiger partial charge in [0.25, 0.3) is 0 Å². The fourth-order valence-corrected chi connectivity index (χ4v) is 1.43. The summed E-state index contributed by atoms with van der Waals surface area (Å²) in [5.41, 5.74) is 5.53. The maximum absolute atomic E-state index is 11.7. The lowest BCUT2D eigenvalue weighted by atomic mass is 10.4. The average molecular weight is 308 g/mol. The van der Waals surface area contributed by atoms with E-state index in [1.807, 2.05) is 0 Å². The van der Waals surface area contributed by atoms with Gasteiger partial charge >= 0.3 is 11.9 Å². The highest BCUT2D eigenvalue weighted by atomic mass is 16.7. The molecule has 0 aliphatic carbocycles. The van der Waals surface area contributed by atoms with Crippen LogP contribution in [0.5, 0.6) is 0 Å². The lowest BCUT2D eigenvalue weighted by molar-refractivity contribution is -0.402. The molecule has 2 aromatic rings. The number of aromatic nitrogens is 3. The Hall–Kier alpha value is -3.24. The molecule has 2 N–H and O–H groups in total. The smallest absolute Gasteiger partial charge is 0.433 e. The third kappa shape index (κ3) is 3.45. The highest BCUT2D eigenvalue weighted by molar-refractivity contribution is 5.86. The van der Waals surface area contributed by atoms with Crippen LogP contribution in [0.2, 0.25) is 0 Å². The SMILES string of the molecule is CN(C)c1nc(N)nc(COC(=O)c2ccc([N+](=O)[O-])o2)n1. The van der Waals surface area contributed by atoms with Crippen LogP contribution < -0.4 is 10.6 Å². The molecule has 22 heavy (non-hydrogen) atoms. The number of carbonyl (C=O) groups is 1. The van der Waals surface area contributed by atoms with E-state index >= 15 is 0 Å². The normalized spacial score (nSPS) is 10.3. The number of carbonyl (C=O) groups excluding carboxylic acids is 1. The predicted molar refractivity (Wildman–Crippen MR) is 73.0 cm³/mol. The lowest BCUT2D eigenvalue weighted by Crippen LogP contribution is -2.17. The number of furan rings is 1. The molecule has 0 aliphatic rings. The summed E-state index contributed by atoms with van der Waals surface area (Å²) in [5.74, 6) is -1.28. The Balaban J connectivity index is 2.05. The van der Waals surface area contributed by atoms with Gasteiger partial charge in [-0.3, -0.25) is 10.1 Å². The second-order valence-electron chi connectivity index (χ2n) is 4.28. The first-order chi connectivity index (χ1) is 10.4. The number of anilines is 2. The number of nitrogens with two attached hydrogens (primary N) is 1. The second kappa shape index (κ2) is 6.03. The van der Waals surface area contributed by atoms with Crippen LogP contribution in [0.3, 0.4) is 0 Å². The van der Waals surface area contributed by atoms with Crippen LogP contribution in [0, 0.1) is 10.1 Å². The summed E-state index contributed by atoms with van der Waals surface area (Å²) in [7, 11) is 3.43. The van der Waals surface area contributed by atoms with E-state index in [9.17, 15) is 14.9 Å². The molecular formula is C11H12N6O5. The first-order valence-electron chi connectivity index (χ1n) is 5.96. The van der Waals surface area contributed by atoms with Gasteiger partial charge in [-0.25, -0.2) is 4.79 Å². The van der Waals surface area contributed by atoms with E-state index in [0.717, 1.165) is 12.1 Å². The first kappa shape index (κ1) is 15.2. The Labute approximate surface area is 123 Å². The van der Waals surface area contributed by atoms with Gasteiger partial charge in [0.1, 0.15) is 4.92 Å². The van der Waals surface area contributed by atoms with Crippen molar-refractivity contribution < 1.29 is 18.9 Å². The van der Waals surface area contributed by atoms with Gasteiger partial charge in [0.15, 0.2) is 12.4 Å². The number of hydrogen-bond acceptors (Lipinski definition) is 10. The number of rotatable bonds is 5. The summed E-state index contributed by atoms with van der Waals surface area (Å²) in [4.78, 5) is 34.8. The maximum Gasteiger partial charge on any atom is 0.433 e. The topological polar surface area (TPSA) is 151 Å². The van der Waals surface area contributed by atoms with E-state index in [4.69, 9.17) is 14.9 Å². The van der Waals surface area contributed by atoms with E-state index in [0.29, 0.717) is 5.95 Å². The van der Waals surface area contributed by atoms with Crippen LogP contribution in [0.15, 0.2) is 16.5 Å². The Morgan fingerprint density at radius 2 is 2.14 bits per heavy atom. The molecule has 0 spiro atoms. The molecule has 0 aliphatic heterocycles. The first-order valence-corrected chi connectivity index (χ1v) is 5.96. The number of esters is 1. The molecule has 11 nitrogen and oxygen atoms in total. The highest BCUT2D eigenvalue weighted by Crippen LogP contribution is 2.16. The van der Waals surface area contributed by atoms with Crippen molar-refractivity contribution in [1.82, 2.24) is 15.0 Å². The summed E-state index contributed by atoms with van der Waals surface area (Å²) < 4.78 is 9.64. The summed E-state index contributed by atoms with van der Waals surface area (Å²) in [6.07, 6.45) is 0. The zero-order chi connectivity index (χ0) is 16.3. The van der Waals surface area contributed by atoms with Crippen molar-refractivity contribution in [3.63, 3.8) is 0 Å². The van der Waals surface area contributed by atoms with Crippen LogP contribution in [-0.2, 0) is 11.3 Å². The van der Waals surface area contributed by atoms with E-state index in [1.165, 1.54) is 0 Å². The molecule has 2 heterocycles. The minimum atomic E-state index is -0.876. The minimum Gasteiger partial charge on any atom is -0.452 e. The van der Waals surface area contributed by atoms with Crippen LogP contribution in [0.25, 0.3) is 0 Å². The predicted octanol–water partition coefficient (Wildman–Crippen LogP) is 0.378. The molecule has 2 rings (SSSR count). The molecule has 2 aromatic heterocycles. The minimum absolute atomic E-state index is 0.0154. The quantitative estimate of drug-likeness (QED) is 0.466. The Kier molecular flexibility index (Phi) is 4.15. The van der Waals surface area contributed by atoms with Crippen molar-refractivity contribution in [2.75, 3.05) is 24.7 Å². The zero-order valence-electron chi connectivity index (χ0n) is 11.7. The number of nitrogen functional groups attached to an aromatic ring is 1. The van der Waals surface area contributed by atoms with Crippen molar-refractivity contribution in [3.05, 3.63) is 33.8 Å². The molecule has 0 aromatic carbocycles. The average Bonchev–Trinajstić information content (AvgIpc) is 2.94. The van der Waals surface area contributed by atoms with Crippen molar-refractivity contribution in [3.8, 4) is 0 Å². The molecule has 0 bridgehead atoms. The van der Waals surface area contributed by atoms with Gasteiger partial charge in [-0.1, -0.05) is 0 Å². The van der Waals surface area contributed by atoms with Crippen LogP contribution in [0.4, 0.5) is 17.8 Å². The Bertz CT molecular complexity index is 713. The Morgan fingerprint density at radius 1 is 1.41 bits per heavy atom. The molecule has 0 radical (unpaired) electrons. The monoisotopic (exact) mass is 308 g/mol. The molecule has 0 saturated heterocycles. The third-order valence-corrected chi connectivity index (χ3v) is 2.39. The van der Waals surface area contributed by atoms with Gasteiger partial charge in [-0.2, -0.15) is 15.0 Å². The number of nitro groups is 1.